The van der Waals surface area contributed by atoms with Crippen molar-refractivity contribution in [2.75, 3.05) is 0 Å². The summed E-state index contributed by atoms with van der Waals surface area (Å²) in [7, 11) is 0. The molecule has 0 radical (unpaired) electrons. The van der Waals surface area contributed by atoms with Crippen LogP contribution >= 0.6 is 34.8 Å². The van der Waals surface area contributed by atoms with Crippen molar-refractivity contribution in [2.24, 2.45) is 0 Å². The Morgan fingerprint density at radius 1 is 1.64 bits per heavy atom. The molecule has 0 rings (SSSR count). The summed E-state index contributed by atoms with van der Waals surface area (Å²) in [5, 5.41) is 7.84. The van der Waals surface area contributed by atoms with Crippen LogP contribution in [0.15, 0.2) is 0 Å². The number of halogens is 3. The van der Waals surface area contributed by atoms with Crippen LogP contribution in [0.1, 0.15) is 19.8 Å². The predicted octanol–water partition coefficient (Wildman–Crippen LogP) is 2.65. The van der Waals surface area contributed by atoms with Crippen LogP contribution in [0.25, 0.3) is 0 Å². The summed E-state index contributed by atoms with van der Waals surface area (Å²) in [5.41, 5.74) is 0. The SMILES string of the molecule is CC(Cl)C(Cl)(Cl)CCC(=O)O. The van der Waals surface area contributed by atoms with E-state index in [-0.39, 0.29) is 12.8 Å². The zero-order valence-corrected chi connectivity index (χ0v) is 8.25. The first-order chi connectivity index (χ1) is 4.86. The van der Waals surface area contributed by atoms with Crippen LogP contribution in [0.5, 0.6) is 0 Å². The van der Waals surface area contributed by atoms with E-state index in [4.69, 9.17) is 39.9 Å². The van der Waals surface area contributed by atoms with E-state index in [1.165, 1.54) is 0 Å². The Morgan fingerprint density at radius 3 is 2.36 bits per heavy atom. The third-order valence-electron chi connectivity index (χ3n) is 1.25. The fourth-order valence-corrected chi connectivity index (χ4v) is 0.771. The molecule has 0 aromatic heterocycles. The third-order valence-corrected chi connectivity index (χ3v) is 2.88. The van der Waals surface area contributed by atoms with Crippen LogP contribution in [0.2, 0.25) is 0 Å². The van der Waals surface area contributed by atoms with Gasteiger partial charge in [0.1, 0.15) is 4.33 Å². The Hall–Kier alpha value is 0.340. The van der Waals surface area contributed by atoms with Gasteiger partial charge in [0.05, 0.1) is 5.38 Å². The minimum Gasteiger partial charge on any atom is -0.481 e. The zero-order chi connectivity index (χ0) is 9.07. The normalized spacial score (nSPS) is 14.5. The van der Waals surface area contributed by atoms with E-state index < -0.39 is 15.7 Å². The molecule has 0 aliphatic rings. The van der Waals surface area contributed by atoms with Gasteiger partial charge in [0.2, 0.25) is 0 Å². The van der Waals surface area contributed by atoms with Gasteiger partial charge in [-0.1, -0.05) is 0 Å². The van der Waals surface area contributed by atoms with Crippen molar-refractivity contribution in [1.82, 2.24) is 0 Å². The lowest BCUT2D eigenvalue weighted by atomic mass is 10.2. The fraction of sp³-hybridized carbons (Fsp3) is 0.833. The van der Waals surface area contributed by atoms with Crippen LogP contribution in [0.3, 0.4) is 0 Å². The molecule has 0 saturated heterocycles. The molecule has 0 aromatic rings. The second-order valence-electron chi connectivity index (χ2n) is 2.27. The van der Waals surface area contributed by atoms with Crippen LogP contribution in [-0.4, -0.2) is 20.8 Å². The van der Waals surface area contributed by atoms with Crippen molar-refractivity contribution in [3.63, 3.8) is 0 Å². The highest BCUT2D eigenvalue weighted by atomic mass is 35.5. The maximum Gasteiger partial charge on any atom is 0.303 e. The van der Waals surface area contributed by atoms with Crippen LogP contribution in [0.4, 0.5) is 0 Å². The molecule has 0 aliphatic carbocycles. The van der Waals surface area contributed by atoms with E-state index in [1.807, 2.05) is 0 Å². The first kappa shape index (κ1) is 11.3. The predicted molar refractivity (Wildman–Crippen MR) is 46.6 cm³/mol. The molecule has 0 bridgehead atoms. The fourth-order valence-electron chi connectivity index (χ4n) is 0.472. The summed E-state index contributed by atoms with van der Waals surface area (Å²) < 4.78 is -1.14. The highest BCUT2D eigenvalue weighted by Crippen LogP contribution is 2.33. The van der Waals surface area contributed by atoms with Gasteiger partial charge in [-0.2, -0.15) is 0 Å². The van der Waals surface area contributed by atoms with E-state index in [2.05, 4.69) is 0 Å². The average molecular weight is 219 g/mol. The van der Waals surface area contributed by atoms with E-state index in [0.717, 1.165) is 0 Å². The van der Waals surface area contributed by atoms with Gasteiger partial charge in [0.15, 0.2) is 0 Å². The van der Waals surface area contributed by atoms with Crippen molar-refractivity contribution in [3.05, 3.63) is 0 Å². The maximum atomic E-state index is 10.1. The molecule has 0 saturated carbocycles. The summed E-state index contributed by atoms with van der Waals surface area (Å²) in [5.74, 6) is -0.923. The summed E-state index contributed by atoms with van der Waals surface area (Å²) in [4.78, 5) is 10.1. The first-order valence-electron chi connectivity index (χ1n) is 3.10. The van der Waals surface area contributed by atoms with Gasteiger partial charge in [-0.3, -0.25) is 4.79 Å². The lowest BCUT2D eigenvalue weighted by Gasteiger charge is -2.20. The van der Waals surface area contributed by atoms with Crippen molar-refractivity contribution in [2.45, 2.75) is 29.5 Å². The molecule has 0 spiro atoms. The second-order valence-corrected chi connectivity index (χ2v) is 4.47. The molecule has 1 unspecified atom stereocenters. The van der Waals surface area contributed by atoms with E-state index in [9.17, 15) is 4.79 Å². The Morgan fingerprint density at radius 2 is 2.09 bits per heavy atom. The van der Waals surface area contributed by atoms with Gasteiger partial charge < -0.3 is 5.11 Å². The number of aliphatic carboxylic acids is 1. The van der Waals surface area contributed by atoms with E-state index in [1.54, 1.807) is 6.92 Å². The van der Waals surface area contributed by atoms with Crippen molar-refractivity contribution in [3.8, 4) is 0 Å². The largest absolute Gasteiger partial charge is 0.481 e. The molecule has 0 heterocycles. The zero-order valence-electron chi connectivity index (χ0n) is 5.98. The van der Waals surface area contributed by atoms with Gasteiger partial charge in [-0.15, -0.1) is 34.8 Å². The number of carboxylic acid groups (broad SMARTS) is 1. The number of rotatable bonds is 4. The summed E-state index contributed by atoms with van der Waals surface area (Å²) in [6, 6.07) is 0. The maximum absolute atomic E-state index is 10.1. The van der Waals surface area contributed by atoms with Crippen molar-refractivity contribution >= 4 is 40.8 Å². The van der Waals surface area contributed by atoms with Gasteiger partial charge in [0.25, 0.3) is 0 Å². The average Bonchev–Trinajstić information content (AvgIpc) is 1.84. The van der Waals surface area contributed by atoms with Crippen molar-refractivity contribution < 1.29 is 9.90 Å². The van der Waals surface area contributed by atoms with Crippen LogP contribution in [0, 0.1) is 0 Å². The van der Waals surface area contributed by atoms with E-state index >= 15 is 0 Å². The molecule has 0 amide bonds. The lowest BCUT2D eigenvalue weighted by Crippen LogP contribution is -2.24. The monoisotopic (exact) mass is 218 g/mol. The number of hydrogen-bond acceptors (Lipinski definition) is 1. The number of carbonyl (C=O) groups is 1. The topological polar surface area (TPSA) is 37.3 Å². The molecule has 1 N–H and O–H groups in total. The number of hydrogen-bond donors (Lipinski definition) is 1. The quantitative estimate of drug-likeness (QED) is 0.738. The molecular formula is C6H9Cl3O2. The summed E-state index contributed by atoms with van der Waals surface area (Å²) in [6.45, 7) is 1.63. The van der Waals surface area contributed by atoms with Crippen LogP contribution in [-0.2, 0) is 4.79 Å². The Labute approximate surface area is 80.4 Å². The molecule has 0 fully saturated rings. The van der Waals surface area contributed by atoms with Gasteiger partial charge in [-0.25, -0.2) is 0 Å². The van der Waals surface area contributed by atoms with Crippen LogP contribution < -0.4 is 0 Å². The molecular weight excluding hydrogens is 210 g/mol. The minimum atomic E-state index is -1.14. The molecule has 0 aromatic carbocycles. The van der Waals surface area contributed by atoms with Gasteiger partial charge in [0, 0.05) is 6.42 Å². The lowest BCUT2D eigenvalue weighted by molar-refractivity contribution is -0.137. The van der Waals surface area contributed by atoms with Gasteiger partial charge >= 0.3 is 5.97 Å². The standard InChI is InChI=1S/C6H9Cl3O2/c1-4(7)6(8,9)3-2-5(10)11/h4H,2-3H2,1H3,(H,10,11). The molecule has 2 nitrogen and oxygen atoms in total. The summed E-state index contributed by atoms with van der Waals surface area (Å²) >= 11 is 17.0. The second kappa shape index (κ2) is 4.39. The Kier molecular flexibility index (Phi) is 4.52. The smallest absolute Gasteiger partial charge is 0.303 e. The summed E-state index contributed by atoms with van der Waals surface area (Å²) in [6.07, 6.45) is 0.0974. The minimum absolute atomic E-state index is 0.0654. The highest BCUT2D eigenvalue weighted by molar-refractivity contribution is 6.52. The molecule has 5 heteroatoms. The van der Waals surface area contributed by atoms with E-state index in [0.29, 0.717) is 0 Å². The molecule has 66 valence electrons. The van der Waals surface area contributed by atoms with Gasteiger partial charge in [-0.05, 0) is 13.3 Å². The first-order valence-corrected chi connectivity index (χ1v) is 4.29. The molecule has 0 aliphatic heterocycles. The number of alkyl halides is 3. The highest BCUT2D eigenvalue weighted by Gasteiger charge is 2.30. The number of carboxylic acids is 1. The Bertz CT molecular complexity index is 145. The van der Waals surface area contributed by atoms with Crippen molar-refractivity contribution in [1.29, 1.82) is 0 Å². The Balaban J connectivity index is 3.82. The molecule has 11 heavy (non-hydrogen) atoms. The molecule has 1 atom stereocenters. The third kappa shape index (κ3) is 4.72.